The van der Waals surface area contributed by atoms with E-state index in [0.717, 1.165) is 14.5 Å². The van der Waals surface area contributed by atoms with Gasteiger partial charge in [0.05, 0.1) is 0 Å². The lowest BCUT2D eigenvalue weighted by atomic mass is 10.0. The molecule has 1 atom stereocenters. The van der Waals surface area contributed by atoms with Gasteiger partial charge in [-0.1, -0.05) is 49.5 Å². The molecule has 4 nitrogen and oxygen atoms in total. The van der Waals surface area contributed by atoms with Crippen LogP contribution in [0.2, 0.25) is 5.02 Å². The van der Waals surface area contributed by atoms with Crippen LogP contribution in [-0.2, 0) is 11.2 Å². The van der Waals surface area contributed by atoms with E-state index in [1.807, 2.05) is 6.07 Å². The first-order valence-electron chi connectivity index (χ1n) is 6.66. The van der Waals surface area contributed by atoms with Crippen LogP contribution in [0.5, 0.6) is 0 Å². The van der Waals surface area contributed by atoms with E-state index >= 15 is 0 Å². The lowest BCUT2D eigenvalue weighted by Gasteiger charge is -2.17. The Labute approximate surface area is 155 Å². The first kappa shape index (κ1) is 18.0. The standard InChI is InChI=1S/C16H13Br2ClN2O2/c17-11-3-1-2-9(6-11)16(23)21-14(15(20)22)8-10-7-12(19)4-5-13(10)18/h1-7,14H,8H2,(H2,20,22)(H,21,23)/t14-/m0/s1. The van der Waals surface area contributed by atoms with Crippen LogP contribution in [0.4, 0.5) is 0 Å². The van der Waals surface area contributed by atoms with Crippen LogP contribution in [0.15, 0.2) is 51.4 Å². The van der Waals surface area contributed by atoms with Crippen molar-refractivity contribution in [1.82, 2.24) is 5.32 Å². The molecule has 0 radical (unpaired) electrons. The minimum atomic E-state index is -0.837. The van der Waals surface area contributed by atoms with Gasteiger partial charge in [-0.2, -0.15) is 0 Å². The van der Waals surface area contributed by atoms with E-state index in [0.29, 0.717) is 10.6 Å². The van der Waals surface area contributed by atoms with Crippen molar-refractivity contribution in [3.8, 4) is 0 Å². The fourth-order valence-electron chi connectivity index (χ4n) is 2.01. The Morgan fingerprint density at radius 2 is 1.91 bits per heavy atom. The van der Waals surface area contributed by atoms with Crippen molar-refractivity contribution in [2.24, 2.45) is 5.73 Å². The number of carbonyl (C=O) groups is 2. The van der Waals surface area contributed by atoms with Gasteiger partial charge in [0, 0.05) is 26.0 Å². The molecular weight excluding hydrogens is 447 g/mol. The van der Waals surface area contributed by atoms with Gasteiger partial charge < -0.3 is 11.1 Å². The topological polar surface area (TPSA) is 72.2 Å². The van der Waals surface area contributed by atoms with Gasteiger partial charge >= 0.3 is 0 Å². The van der Waals surface area contributed by atoms with Gasteiger partial charge in [0.2, 0.25) is 5.91 Å². The lowest BCUT2D eigenvalue weighted by Crippen LogP contribution is -2.45. The van der Waals surface area contributed by atoms with Crippen LogP contribution in [-0.4, -0.2) is 17.9 Å². The maximum Gasteiger partial charge on any atom is 0.251 e. The number of amides is 2. The molecule has 0 spiro atoms. The minimum Gasteiger partial charge on any atom is -0.368 e. The predicted octanol–water partition coefficient (Wildman–Crippen LogP) is 3.69. The summed E-state index contributed by atoms with van der Waals surface area (Å²) in [5.74, 6) is -0.978. The molecule has 2 aromatic carbocycles. The average molecular weight is 461 g/mol. The zero-order chi connectivity index (χ0) is 17.0. The van der Waals surface area contributed by atoms with Crippen molar-refractivity contribution >= 4 is 55.3 Å². The predicted molar refractivity (Wildman–Crippen MR) is 97.4 cm³/mol. The summed E-state index contributed by atoms with van der Waals surface area (Å²) in [6, 6.07) is 11.3. The molecule has 3 N–H and O–H groups in total. The average Bonchev–Trinajstić information content (AvgIpc) is 2.50. The Morgan fingerprint density at radius 1 is 1.17 bits per heavy atom. The number of rotatable bonds is 5. The molecule has 0 aliphatic heterocycles. The van der Waals surface area contributed by atoms with Crippen molar-refractivity contribution in [3.05, 3.63) is 67.6 Å². The van der Waals surface area contributed by atoms with Gasteiger partial charge in [-0.15, -0.1) is 0 Å². The molecule has 0 aromatic heterocycles. The van der Waals surface area contributed by atoms with E-state index in [1.54, 1.807) is 36.4 Å². The number of carbonyl (C=O) groups excluding carboxylic acids is 2. The van der Waals surface area contributed by atoms with Gasteiger partial charge in [-0.3, -0.25) is 9.59 Å². The smallest absolute Gasteiger partial charge is 0.251 e. The summed E-state index contributed by atoms with van der Waals surface area (Å²) < 4.78 is 1.57. The highest BCUT2D eigenvalue weighted by Crippen LogP contribution is 2.22. The summed E-state index contributed by atoms with van der Waals surface area (Å²) in [4.78, 5) is 24.0. The van der Waals surface area contributed by atoms with Gasteiger partial charge in [0.15, 0.2) is 0 Å². The third kappa shape index (κ3) is 5.06. The quantitative estimate of drug-likeness (QED) is 0.714. The number of hydrogen-bond acceptors (Lipinski definition) is 2. The number of hydrogen-bond donors (Lipinski definition) is 2. The van der Waals surface area contributed by atoms with Crippen molar-refractivity contribution in [3.63, 3.8) is 0 Å². The number of benzene rings is 2. The molecule has 2 rings (SSSR count). The van der Waals surface area contributed by atoms with Gasteiger partial charge in [0.25, 0.3) is 5.91 Å². The zero-order valence-electron chi connectivity index (χ0n) is 11.9. The van der Waals surface area contributed by atoms with Crippen LogP contribution in [0.1, 0.15) is 15.9 Å². The molecule has 0 saturated carbocycles. The van der Waals surface area contributed by atoms with Crippen molar-refractivity contribution < 1.29 is 9.59 Å². The van der Waals surface area contributed by atoms with Crippen LogP contribution >= 0.6 is 43.5 Å². The van der Waals surface area contributed by atoms with Crippen LogP contribution in [0.3, 0.4) is 0 Å². The highest BCUT2D eigenvalue weighted by Gasteiger charge is 2.20. The van der Waals surface area contributed by atoms with E-state index in [4.69, 9.17) is 17.3 Å². The third-order valence-corrected chi connectivity index (χ3v) is 4.67. The molecule has 0 heterocycles. The summed E-state index contributed by atoms with van der Waals surface area (Å²) in [5.41, 5.74) is 6.65. The van der Waals surface area contributed by atoms with Crippen molar-refractivity contribution in [2.75, 3.05) is 0 Å². The van der Waals surface area contributed by atoms with Gasteiger partial charge in [0.1, 0.15) is 6.04 Å². The van der Waals surface area contributed by atoms with Crippen LogP contribution < -0.4 is 11.1 Å². The first-order valence-corrected chi connectivity index (χ1v) is 8.63. The summed E-state index contributed by atoms with van der Waals surface area (Å²) in [5, 5.41) is 3.20. The second-order valence-electron chi connectivity index (χ2n) is 4.88. The SMILES string of the molecule is NC(=O)[C@H](Cc1cc(Cl)ccc1Br)NC(=O)c1cccc(Br)c1. The molecule has 0 bridgehead atoms. The minimum absolute atomic E-state index is 0.246. The summed E-state index contributed by atoms with van der Waals surface area (Å²) in [6.07, 6.45) is 0.246. The molecule has 0 fully saturated rings. The summed E-state index contributed by atoms with van der Waals surface area (Å²) >= 11 is 12.7. The number of nitrogens with one attached hydrogen (secondary N) is 1. The Kier molecular flexibility index (Phi) is 6.21. The van der Waals surface area contributed by atoms with E-state index < -0.39 is 11.9 Å². The number of nitrogens with two attached hydrogens (primary N) is 1. The molecule has 23 heavy (non-hydrogen) atoms. The van der Waals surface area contributed by atoms with Crippen molar-refractivity contribution in [1.29, 1.82) is 0 Å². The molecule has 0 aliphatic rings. The third-order valence-electron chi connectivity index (χ3n) is 3.17. The second kappa shape index (κ2) is 7.95. The molecule has 0 saturated heterocycles. The Hall–Kier alpha value is -1.37. The van der Waals surface area contributed by atoms with Gasteiger partial charge in [-0.05, 0) is 42.0 Å². The Bertz CT molecular complexity index is 753. The molecule has 2 aromatic rings. The van der Waals surface area contributed by atoms with Crippen molar-refractivity contribution in [2.45, 2.75) is 12.5 Å². The fourth-order valence-corrected chi connectivity index (χ4v) is 3.02. The molecule has 120 valence electrons. The van der Waals surface area contributed by atoms with E-state index in [1.165, 1.54) is 0 Å². The molecule has 0 unspecified atom stereocenters. The Morgan fingerprint density at radius 3 is 2.57 bits per heavy atom. The lowest BCUT2D eigenvalue weighted by molar-refractivity contribution is -0.119. The largest absolute Gasteiger partial charge is 0.368 e. The van der Waals surface area contributed by atoms with E-state index in [2.05, 4.69) is 37.2 Å². The van der Waals surface area contributed by atoms with Gasteiger partial charge in [-0.25, -0.2) is 0 Å². The Balaban J connectivity index is 2.17. The zero-order valence-corrected chi connectivity index (χ0v) is 15.8. The maximum absolute atomic E-state index is 12.3. The number of halogens is 3. The first-order chi connectivity index (χ1) is 10.9. The maximum atomic E-state index is 12.3. The monoisotopic (exact) mass is 458 g/mol. The second-order valence-corrected chi connectivity index (χ2v) is 7.09. The molecular formula is C16H13Br2ClN2O2. The summed E-state index contributed by atoms with van der Waals surface area (Å²) in [7, 11) is 0. The normalized spacial score (nSPS) is 11.8. The fraction of sp³-hybridized carbons (Fsp3) is 0.125. The highest BCUT2D eigenvalue weighted by molar-refractivity contribution is 9.10. The molecule has 7 heteroatoms. The highest BCUT2D eigenvalue weighted by atomic mass is 79.9. The summed E-state index contributed by atoms with van der Waals surface area (Å²) in [6.45, 7) is 0. The van der Waals surface area contributed by atoms with E-state index in [9.17, 15) is 9.59 Å². The van der Waals surface area contributed by atoms with Crippen LogP contribution in [0.25, 0.3) is 0 Å². The molecule has 2 amide bonds. The molecule has 0 aliphatic carbocycles. The number of primary amides is 1. The van der Waals surface area contributed by atoms with Crippen LogP contribution in [0, 0.1) is 0 Å². The van der Waals surface area contributed by atoms with E-state index in [-0.39, 0.29) is 12.3 Å².